The highest BCUT2D eigenvalue weighted by Gasteiger charge is 2.18. The van der Waals surface area contributed by atoms with Gasteiger partial charge in [0.1, 0.15) is 5.76 Å². The normalized spacial score (nSPS) is 19.5. The molecule has 0 saturated carbocycles. The second-order valence-corrected chi connectivity index (χ2v) is 4.59. The third-order valence-electron chi connectivity index (χ3n) is 3.15. The van der Waals surface area contributed by atoms with Gasteiger partial charge >= 0.3 is 0 Å². The quantitative estimate of drug-likeness (QED) is 0.816. The summed E-state index contributed by atoms with van der Waals surface area (Å²) in [6.07, 6.45) is 1.68. The van der Waals surface area contributed by atoms with Gasteiger partial charge in [0.15, 0.2) is 0 Å². The molecule has 1 unspecified atom stereocenters. The third kappa shape index (κ3) is 3.30. The maximum Gasteiger partial charge on any atom is 0.220 e. The Morgan fingerprint density at radius 3 is 3.00 bits per heavy atom. The van der Waals surface area contributed by atoms with Crippen molar-refractivity contribution in [2.45, 2.75) is 33.2 Å². The van der Waals surface area contributed by atoms with Crippen molar-refractivity contribution in [3.63, 3.8) is 0 Å². The van der Waals surface area contributed by atoms with Crippen LogP contribution in [-0.2, 0) is 11.3 Å². The fourth-order valence-electron chi connectivity index (χ4n) is 2.01. The number of hydrogen-bond acceptors (Lipinski definition) is 4. The van der Waals surface area contributed by atoms with Crippen LogP contribution in [-0.4, -0.2) is 24.0 Å². The van der Waals surface area contributed by atoms with Crippen molar-refractivity contribution in [3.05, 3.63) is 17.3 Å². The maximum atomic E-state index is 11.7. The van der Waals surface area contributed by atoms with Crippen molar-refractivity contribution >= 4 is 5.91 Å². The average molecular weight is 237 g/mol. The summed E-state index contributed by atoms with van der Waals surface area (Å²) in [6, 6.07) is 0. The van der Waals surface area contributed by atoms with Gasteiger partial charge in [-0.1, -0.05) is 0 Å². The fraction of sp³-hybridized carbons (Fsp3) is 0.667. The van der Waals surface area contributed by atoms with Gasteiger partial charge in [-0.15, -0.1) is 0 Å². The number of aromatic nitrogens is 1. The molecule has 0 radical (unpaired) electrons. The smallest absolute Gasteiger partial charge is 0.220 e. The van der Waals surface area contributed by atoms with Gasteiger partial charge in [-0.05, 0) is 39.3 Å². The van der Waals surface area contributed by atoms with Crippen LogP contribution in [0.5, 0.6) is 0 Å². The summed E-state index contributed by atoms with van der Waals surface area (Å²) in [4.78, 5) is 15.9. The largest absolute Gasteiger partial charge is 0.444 e. The van der Waals surface area contributed by atoms with E-state index in [1.54, 1.807) is 0 Å². The fourth-order valence-corrected chi connectivity index (χ4v) is 2.01. The predicted molar refractivity (Wildman–Crippen MR) is 63.4 cm³/mol. The molecule has 1 atom stereocenters. The number of carbonyl (C=O) groups is 1. The molecular formula is C12H19N3O2. The number of hydrogen-bond donors (Lipinski definition) is 2. The van der Waals surface area contributed by atoms with E-state index in [0.29, 0.717) is 24.8 Å². The van der Waals surface area contributed by atoms with Crippen LogP contribution in [0.4, 0.5) is 0 Å². The highest BCUT2D eigenvalue weighted by molar-refractivity contribution is 5.76. The Balaban J connectivity index is 1.75. The molecule has 5 heteroatoms. The van der Waals surface area contributed by atoms with E-state index in [1.807, 2.05) is 13.8 Å². The summed E-state index contributed by atoms with van der Waals surface area (Å²) < 4.78 is 5.40. The van der Waals surface area contributed by atoms with Crippen molar-refractivity contribution in [2.24, 2.45) is 5.92 Å². The summed E-state index contributed by atoms with van der Waals surface area (Å²) in [5.74, 6) is 1.95. The number of nitrogens with one attached hydrogen (secondary N) is 2. The lowest BCUT2D eigenvalue weighted by Gasteiger charge is -2.07. The van der Waals surface area contributed by atoms with Crippen molar-refractivity contribution in [3.8, 4) is 0 Å². The molecule has 0 spiro atoms. The Kier molecular flexibility index (Phi) is 3.78. The van der Waals surface area contributed by atoms with Crippen molar-refractivity contribution in [2.75, 3.05) is 13.1 Å². The predicted octanol–water partition coefficient (Wildman–Crippen LogP) is 0.907. The summed E-state index contributed by atoms with van der Waals surface area (Å²) in [5, 5.41) is 6.09. The van der Waals surface area contributed by atoms with Gasteiger partial charge in [0.05, 0.1) is 12.2 Å². The molecule has 1 amide bonds. The lowest BCUT2D eigenvalue weighted by Crippen LogP contribution is -2.26. The zero-order chi connectivity index (χ0) is 12.3. The van der Waals surface area contributed by atoms with Gasteiger partial charge in [0.25, 0.3) is 0 Å². The topological polar surface area (TPSA) is 67.2 Å². The van der Waals surface area contributed by atoms with E-state index in [9.17, 15) is 4.79 Å². The van der Waals surface area contributed by atoms with Crippen LogP contribution in [0.25, 0.3) is 0 Å². The SMILES string of the molecule is Cc1nc(CNC(=O)CC2CCNC2)oc1C. The average Bonchev–Trinajstić information content (AvgIpc) is 2.87. The minimum Gasteiger partial charge on any atom is -0.444 e. The first kappa shape index (κ1) is 12.1. The zero-order valence-electron chi connectivity index (χ0n) is 10.4. The molecule has 94 valence electrons. The lowest BCUT2D eigenvalue weighted by molar-refractivity contribution is -0.122. The van der Waals surface area contributed by atoms with E-state index in [4.69, 9.17) is 4.42 Å². The number of amides is 1. The van der Waals surface area contributed by atoms with Crippen LogP contribution in [0, 0.1) is 19.8 Å². The Hall–Kier alpha value is -1.36. The molecule has 5 nitrogen and oxygen atoms in total. The summed E-state index contributed by atoms with van der Waals surface area (Å²) >= 11 is 0. The van der Waals surface area contributed by atoms with Crippen LogP contribution in [0.2, 0.25) is 0 Å². The molecular weight excluding hydrogens is 218 g/mol. The second-order valence-electron chi connectivity index (χ2n) is 4.59. The number of rotatable bonds is 4. The molecule has 2 N–H and O–H groups in total. The summed E-state index contributed by atoms with van der Waals surface area (Å²) in [7, 11) is 0. The van der Waals surface area contributed by atoms with Crippen LogP contribution in [0.3, 0.4) is 0 Å². The van der Waals surface area contributed by atoms with Crippen LogP contribution in [0.1, 0.15) is 30.2 Å². The molecule has 1 fully saturated rings. The van der Waals surface area contributed by atoms with Gasteiger partial charge in [0, 0.05) is 6.42 Å². The van der Waals surface area contributed by atoms with E-state index in [0.717, 1.165) is 31.0 Å². The first-order chi connectivity index (χ1) is 8.15. The monoisotopic (exact) mass is 237 g/mol. The van der Waals surface area contributed by atoms with E-state index >= 15 is 0 Å². The van der Waals surface area contributed by atoms with E-state index in [-0.39, 0.29) is 5.91 Å². The maximum absolute atomic E-state index is 11.7. The molecule has 0 aliphatic carbocycles. The highest BCUT2D eigenvalue weighted by atomic mass is 16.4. The van der Waals surface area contributed by atoms with Gasteiger partial charge in [-0.3, -0.25) is 4.79 Å². The van der Waals surface area contributed by atoms with Gasteiger partial charge in [-0.2, -0.15) is 0 Å². The van der Waals surface area contributed by atoms with Crippen LogP contribution in [0.15, 0.2) is 4.42 Å². The molecule has 2 rings (SSSR count). The van der Waals surface area contributed by atoms with Crippen molar-refractivity contribution in [1.82, 2.24) is 15.6 Å². The highest BCUT2D eigenvalue weighted by Crippen LogP contribution is 2.12. The molecule has 0 aromatic carbocycles. The van der Waals surface area contributed by atoms with Crippen LogP contribution >= 0.6 is 0 Å². The summed E-state index contributed by atoms with van der Waals surface area (Å²) in [6.45, 7) is 6.13. The number of nitrogens with zero attached hydrogens (tertiary/aromatic N) is 1. The van der Waals surface area contributed by atoms with Crippen LogP contribution < -0.4 is 10.6 Å². The first-order valence-corrected chi connectivity index (χ1v) is 6.05. The molecule has 17 heavy (non-hydrogen) atoms. The number of aryl methyl sites for hydroxylation is 2. The zero-order valence-corrected chi connectivity index (χ0v) is 10.4. The number of carbonyl (C=O) groups excluding carboxylic acids is 1. The van der Waals surface area contributed by atoms with Gasteiger partial charge in [0.2, 0.25) is 11.8 Å². The van der Waals surface area contributed by atoms with Crippen molar-refractivity contribution < 1.29 is 9.21 Å². The Labute approximate surface area is 101 Å². The molecule has 1 aliphatic heterocycles. The minimum atomic E-state index is 0.0761. The lowest BCUT2D eigenvalue weighted by atomic mass is 10.0. The van der Waals surface area contributed by atoms with E-state index in [1.165, 1.54) is 0 Å². The minimum absolute atomic E-state index is 0.0761. The molecule has 1 aromatic heterocycles. The van der Waals surface area contributed by atoms with Gasteiger partial charge < -0.3 is 15.1 Å². The molecule has 2 heterocycles. The Morgan fingerprint density at radius 2 is 2.41 bits per heavy atom. The van der Waals surface area contributed by atoms with Gasteiger partial charge in [-0.25, -0.2) is 4.98 Å². The number of oxazole rings is 1. The molecule has 1 saturated heterocycles. The first-order valence-electron chi connectivity index (χ1n) is 6.05. The molecule has 1 aliphatic rings. The Morgan fingerprint density at radius 1 is 1.59 bits per heavy atom. The molecule has 1 aromatic rings. The second kappa shape index (κ2) is 5.31. The summed E-state index contributed by atoms with van der Waals surface area (Å²) in [5.41, 5.74) is 0.884. The molecule has 0 bridgehead atoms. The standard InChI is InChI=1S/C12H19N3O2/c1-8-9(2)17-12(15-8)7-14-11(16)5-10-3-4-13-6-10/h10,13H,3-7H2,1-2H3,(H,14,16). The van der Waals surface area contributed by atoms with Crippen molar-refractivity contribution in [1.29, 1.82) is 0 Å². The van der Waals surface area contributed by atoms with E-state index < -0.39 is 0 Å². The Bertz CT molecular complexity index is 375. The van der Waals surface area contributed by atoms with E-state index in [2.05, 4.69) is 15.6 Å². The third-order valence-corrected chi connectivity index (χ3v) is 3.15.